The molecule has 0 saturated carbocycles. The summed E-state index contributed by atoms with van der Waals surface area (Å²) >= 11 is 0. The Morgan fingerprint density at radius 2 is 1.90 bits per heavy atom. The standard InChI is InChI=1S/C16H29N3O/c1-5-15-14(16(6-2)18(4)17-15)11-19-9-7-13(8-10-19)12(3)20/h12-13,20H,5-11H2,1-4H3. The van der Waals surface area contributed by atoms with Crippen LogP contribution in [0.25, 0.3) is 0 Å². The summed E-state index contributed by atoms with van der Waals surface area (Å²) in [6, 6.07) is 0. The van der Waals surface area contributed by atoms with Crippen molar-refractivity contribution in [1.29, 1.82) is 0 Å². The molecule has 0 amide bonds. The third-order valence-corrected chi connectivity index (χ3v) is 4.72. The molecule has 1 aromatic rings. The van der Waals surface area contributed by atoms with Crippen LogP contribution in [0.15, 0.2) is 0 Å². The van der Waals surface area contributed by atoms with Crippen molar-refractivity contribution in [2.45, 2.75) is 59.1 Å². The van der Waals surface area contributed by atoms with Crippen LogP contribution < -0.4 is 0 Å². The highest BCUT2D eigenvalue weighted by Gasteiger charge is 2.24. The van der Waals surface area contributed by atoms with Crippen molar-refractivity contribution in [3.05, 3.63) is 17.0 Å². The number of hydrogen-bond acceptors (Lipinski definition) is 3. The van der Waals surface area contributed by atoms with Gasteiger partial charge in [-0.15, -0.1) is 0 Å². The Bertz CT molecular complexity index is 431. The van der Waals surface area contributed by atoms with Gasteiger partial charge in [0.1, 0.15) is 0 Å². The van der Waals surface area contributed by atoms with Crippen molar-refractivity contribution < 1.29 is 5.11 Å². The molecule has 4 nitrogen and oxygen atoms in total. The Morgan fingerprint density at radius 3 is 2.40 bits per heavy atom. The van der Waals surface area contributed by atoms with E-state index in [4.69, 9.17) is 0 Å². The topological polar surface area (TPSA) is 41.3 Å². The highest BCUT2D eigenvalue weighted by Crippen LogP contribution is 2.24. The monoisotopic (exact) mass is 279 g/mol. The summed E-state index contributed by atoms with van der Waals surface area (Å²) in [7, 11) is 2.06. The van der Waals surface area contributed by atoms with E-state index in [0.717, 1.165) is 45.3 Å². The summed E-state index contributed by atoms with van der Waals surface area (Å²) in [5.74, 6) is 0.483. The van der Waals surface area contributed by atoms with E-state index < -0.39 is 0 Å². The summed E-state index contributed by atoms with van der Waals surface area (Å²) in [6.45, 7) is 9.52. The van der Waals surface area contributed by atoms with Crippen molar-refractivity contribution in [1.82, 2.24) is 14.7 Å². The average Bonchev–Trinajstić information content (AvgIpc) is 2.74. The Hall–Kier alpha value is -0.870. The fraction of sp³-hybridized carbons (Fsp3) is 0.812. The lowest BCUT2D eigenvalue weighted by molar-refractivity contribution is 0.0694. The van der Waals surface area contributed by atoms with E-state index in [-0.39, 0.29) is 6.10 Å². The van der Waals surface area contributed by atoms with Crippen LogP contribution in [-0.2, 0) is 26.4 Å². The van der Waals surface area contributed by atoms with Gasteiger partial charge in [0.2, 0.25) is 0 Å². The first-order valence-electron chi connectivity index (χ1n) is 8.00. The van der Waals surface area contributed by atoms with Crippen LogP contribution in [-0.4, -0.2) is 39.0 Å². The van der Waals surface area contributed by atoms with E-state index >= 15 is 0 Å². The second-order valence-corrected chi connectivity index (χ2v) is 6.06. The number of rotatable bonds is 5. The lowest BCUT2D eigenvalue weighted by Gasteiger charge is -2.33. The van der Waals surface area contributed by atoms with Crippen molar-refractivity contribution in [2.75, 3.05) is 13.1 Å². The number of aryl methyl sites for hydroxylation is 2. The van der Waals surface area contributed by atoms with Gasteiger partial charge >= 0.3 is 0 Å². The van der Waals surface area contributed by atoms with Gasteiger partial charge in [0, 0.05) is 24.8 Å². The third kappa shape index (κ3) is 3.23. The molecule has 0 aliphatic carbocycles. The molecule has 1 saturated heterocycles. The second-order valence-electron chi connectivity index (χ2n) is 6.06. The zero-order valence-electron chi connectivity index (χ0n) is 13.4. The Kier molecular flexibility index (Phi) is 5.22. The van der Waals surface area contributed by atoms with Crippen LogP contribution in [0.1, 0.15) is 50.6 Å². The van der Waals surface area contributed by atoms with E-state index in [1.165, 1.54) is 17.0 Å². The SMILES string of the molecule is CCc1nn(C)c(CC)c1CN1CCC(C(C)O)CC1. The number of aliphatic hydroxyl groups is 1. The quantitative estimate of drug-likeness (QED) is 0.898. The van der Waals surface area contributed by atoms with E-state index in [0.29, 0.717) is 5.92 Å². The minimum atomic E-state index is -0.159. The Balaban J connectivity index is 2.04. The maximum atomic E-state index is 9.69. The summed E-state index contributed by atoms with van der Waals surface area (Å²) in [5, 5.41) is 14.3. The van der Waals surface area contributed by atoms with Gasteiger partial charge < -0.3 is 5.11 Å². The zero-order chi connectivity index (χ0) is 14.7. The summed E-state index contributed by atoms with van der Waals surface area (Å²) in [5.41, 5.74) is 4.06. The van der Waals surface area contributed by atoms with E-state index in [9.17, 15) is 5.11 Å². The molecular formula is C16H29N3O. The summed E-state index contributed by atoms with van der Waals surface area (Å²) in [6.07, 6.45) is 4.12. The molecule has 2 heterocycles. The molecule has 1 atom stereocenters. The molecule has 1 aliphatic rings. The largest absolute Gasteiger partial charge is 0.393 e. The lowest BCUT2D eigenvalue weighted by Crippen LogP contribution is -2.36. The molecular weight excluding hydrogens is 250 g/mol. The zero-order valence-corrected chi connectivity index (χ0v) is 13.4. The van der Waals surface area contributed by atoms with E-state index in [2.05, 4.69) is 35.6 Å². The van der Waals surface area contributed by atoms with Crippen LogP contribution in [0.4, 0.5) is 0 Å². The summed E-state index contributed by atoms with van der Waals surface area (Å²) < 4.78 is 2.05. The highest BCUT2D eigenvalue weighted by molar-refractivity contribution is 5.26. The molecule has 1 aliphatic heterocycles. The van der Waals surface area contributed by atoms with Gasteiger partial charge in [-0.2, -0.15) is 5.10 Å². The first-order valence-corrected chi connectivity index (χ1v) is 8.00. The van der Waals surface area contributed by atoms with Crippen LogP contribution >= 0.6 is 0 Å². The molecule has 114 valence electrons. The van der Waals surface area contributed by atoms with Crippen molar-refractivity contribution in [2.24, 2.45) is 13.0 Å². The third-order valence-electron chi connectivity index (χ3n) is 4.72. The van der Waals surface area contributed by atoms with Crippen molar-refractivity contribution in [3.63, 3.8) is 0 Å². The molecule has 20 heavy (non-hydrogen) atoms. The van der Waals surface area contributed by atoms with Crippen molar-refractivity contribution >= 4 is 0 Å². The molecule has 4 heteroatoms. The van der Waals surface area contributed by atoms with Crippen LogP contribution in [0.5, 0.6) is 0 Å². The lowest BCUT2D eigenvalue weighted by atomic mass is 9.92. The first kappa shape index (κ1) is 15.5. The molecule has 2 rings (SSSR count). The Labute approximate surface area is 122 Å². The molecule has 0 aromatic carbocycles. The van der Waals surface area contributed by atoms with Crippen LogP contribution in [0, 0.1) is 5.92 Å². The number of hydrogen-bond donors (Lipinski definition) is 1. The van der Waals surface area contributed by atoms with Crippen LogP contribution in [0.3, 0.4) is 0 Å². The molecule has 1 N–H and O–H groups in total. The molecule has 1 fully saturated rings. The maximum absolute atomic E-state index is 9.69. The van der Waals surface area contributed by atoms with Crippen LogP contribution in [0.2, 0.25) is 0 Å². The molecule has 1 unspecified atom stereocenters. The molecule has 0 radical (unpaired) electrons. The van der Waals surface area contributed by atoms with Gasteiger partial charge in [0.15, 0.2) is 0 Å². The summed E-state index contributed by atoms with van der Waals surface area (Å²) in [4.78, 5) is 2.52. The number of nitrogens with zero attached hydrogens (tertiary/aromatic N) is 3. The van der Waals surface area contributed by atoms with Gasteiger partial charge in [-0.3, -0.25) is 9.58 Å². The first-order chi connectivity index (χ1) is 9.56. The normalized spacial score (nSPS) is 19.4. The fourth-order valence-electron chi connectivity index (χ4n) is 3.39. The van der Waals surface area contributed by atoms with Gasteiger partial charge in [0.25, 0.3) is 0 Å². The smallest absolute Gasteiger partial charge is 0.0669 e. The second kappa shape index (κ2) is 6.72. The fourth-order valence-corrected chi connectivity index (χ4v) is 3.39. The van der Waals surface area contributed by atoms with Gasteiger partial charge in [-0.25, -0.2) is 0 Å². The van der Waals surface area contributed by atoms with E-state index in [1.54, 1.807) is 0 Å². The number of aliphatic hydroxyl groups excluding tert-OH is 1. The highest BCUT2D eigenvalue weighted by atomic mass is 16.3. The average molecular weight is 279 g/mol. The van der Waals surface area contributed by atoms with E-state index in [1.807, 2.05) is 6.92 Å². The van der Waals surface area contributed by atoms with Crippen molar-refractivity contribution in [3.8, 4) is 0 Å². The number of aromatic nitrogens is 2. The predicted molar refractivity (Wildman–Crippen MR) is 81.6 cm³/mol. The number of likely N-dealkylation sites (tertiary alicyclic amines) is 1. The van der Waals surface area contributed by atoms with Gasteiger partial charge in [-0.1, -0.05) is 13.8 Å². The predicted octanol–water partition coefficient (Wildman–Crippen LogP) is 2.14. The number of piperidine rings is 1. The molecule has 0 spiro atoms. The van der Waals surface area contributed by atoms with Gasteiger partial charge in [-0.05, 0) is 51.6 Å². The Morgan fingerprint density at radius 1 is 1.25 bits per heavy atom. The maximum Gasteiger partial charge on any atom is 0.0669 e. The van der Waals surface area contributed by atoms with Gasteiger partial charge in [0.05, 0.1) is 11.8 Å². The molecule has 1 aromatic heterocycles. The molecule has 0 bridgehead atoms. The minimum Gasteiger partial charge on any atom is -0.393 e. The minimum absolute atomic E-state index is 0.159.